The van der Waals surface area contributed by atoms with Crippen molar-refractivity contribution in [2.24, 2.45) is 0 Å². The van der Waals surface area contributed by atoms with Crippen LogP contribution in [0.5, 0.6) is 0 Å². The van der Waals surface area contributed by atoms with Gasteiger partial charge in [0.25, 0.3) is 0 Å². The van der Waals surface area contributed by atoms with Gasteiger partial charge in [-0.25, -0.2) is 9.59 Å². The van der Waals surface area contributed by atoms with Gasteiger partial charge < -0.3 is 15.2 Å². The van der Waals surface area contributed by atoms with Gasteiger partial charge in [0.05, 0.1) is 6.04 Å². The number of carboxylic acid groups (broad SMARTS) is 1. The van der Waals surface area contributed by atoms with E-state index in [0.717, 1.165) is 23.3 Å². The molecular weight excluding hydrogens is 254 g/mol. The monoisotopic (exact) mass is 267 g/mol. The number of thiophene rings is 1. The summed E-state index contributed by atoms with van der Waals surface area (Å²) in [7, 11) is 0. The minimum Gasteiger partial charge on any atom is -0.477 e. The number of rotatable bonds is 4. The Kier molecular flexibility index (Phi) is 3.66. The fraction of sp³-hybridized carbons (Fsp3) is 0.333. The molecule has 0 bridgehead atoms. The SMILES string of the molecule is C=CCOC(=O)NC1CCc2sc(C(=O)O)cc21. The molecule has 1 unspecified atom stereocenters. The Morgan fingerprint density at radius 3 is 3.11 bits per heavy atom. The van der Waals surface area contributed by atoms with E-state index in [4.69, 9.17) is 9.84 Å². The van der Waals surface area contributed by atoms with Crippen molar-refractivity contribution in [1.82, 2.24) is 5.32 Å². The Bertz CT molecular complexity index is 494. The standard InChI is InChI=1S/C12H13NO4S/c1-2-5-17-12(16)13-8-3-4-9-7(8)6-10(18-9)11(14)15/h2,6,8H,1,3-5H2,(H,13,16)(H,14,15). The van der Waals surface area contributed by atoms with Crippen LogP contribution < -0.4 is 5.32 Å². The number of carbonyl (C=O) groups is 2. The van der Waals surface area contributed by atoms with Gasteiger partial charge in [-0.05, 0) is 24.5 Å². The Labute approximate surface area is 108 Å². The summed E-state index contributed by atoms with van der Waals surface area (Å²) in [5.41, 5.74) is 0.896. The number of hydrogen-bond acceptors (Lipinski definition) is 4. The van der Waals surface area contributed by atoms with Crippen molar-refractivity contribution in [3.05, 3.63) is 34.0 Å². The van der Waals surface area contributed by atoms with E-state index in [9.17, 15) is 9.59 Å². The summed E-state index contributed by atoms with van der Waals surface area (Å²) in [6.45, 7) is 3.62. The maximum atomic E-state index is 11.4. The zero-order chi connectivity index (χ0) is 13.1. The van der Waals surface area contributed by atoms with E-state index in [1.54, 1.807) is 6.07 Å². The van der Waals surface area contributed by atoms with E-state index in [-0.39, 0.29) is 12.6 Å². The smallest absolute Gasteiger partial charge is 0.407 e. The number of aromatic carboxylic acids is 1. The zero-order valence-electron chi connectivity index (χ0n) is 9.64. The highest BCUT2D eigenvalue weighted by Gasteiger charge is 2.28. The third-order valence-electron chi connectivity index (χ3n) is 2.71. The normalized spacial score (nSPS) is 17.0. The molecule has 0 saturated heterocycles. The van der Waals surface area contributed by atoms with E-state index >= 15 is 0 Å². The van der Waals surface area contributed by atoms with E-state index in [1.165, 1.54) is 17.4 Å². The Morgan fingerprint density at radius 2 is 2.44 bits per heavy atom. The number of fused-ring (bicyclic) bond motifs is 1. The molecular formula is C12H13NO4S. The van der Waals surface area contributed by atoms with Crippen LogP contribution in [0.3, 0.4) is 0 Å². The second kappa shape index (κ2) is 5.22. The van der Waals surface area contributed by atoms with Gasteiger partial charge >= 0.3 is 12.1 Å². The minimum absolute atomic E-state index is 0.151. The number of carbonyl (C=O) groups excluding carboxylic acids is 1. The molecule has 0 radical (unpaired) electrons. The quantitative estimate of drug-likeness (QED) is 0.821. The molecule has 0 saturated carbocycles. The largest absolute Gasteiger partial charge is 0.477 e. The van der Waals surface area contributed by atoms with Gasteiger partial charge in [0, 0.05) is 4.88 Å². The topological polar surface area (TPSA) is 75.6 Å². The molecule has 0 aromatic carbocycles. The second-order valence-electron chi connectivity index (χ2n) is 3.92. The van der Waals surface area contributed by atoms with Crippen molar-refractivity contribution in [1.29, 1.82) is 0 Å². The van der Waals surface area contributed by atoms with E-state index in [0.29, 0.717) is 4.88 Å². The van der Waals surface area contributed by atoms with Gasteiger partial charge in [-0.3, -0.25) is 0 Å². The molecule has 1 heterocycles. The molecule has 0 fully saturated rings. The molecule has 1 amide bonds. The number of hydrogen-bond donors (Lipinski definition) is 2. The predicted octanol–water partition coefficient (Wildman–Crippen LogP) is 2.35. The van der Waals surface area contributed by atoms with Crippen LogP contribution in [0.2, 0.25) is 0 Å². The molecule has 1 aromatic heterocycles. The van der Waals surface area contributed by atoms with Crippen molar-refractivity contribution in [3.8, 4) is 0 Å². The molecule has 6 heteroatoms. The first kappa shape index (κ1) is 12.6. The molecule has 1 aromatic rings. The molecule has 1 aliphatic rings. The summed E-state index contributed by atoms with van der Waals surface area (Å²) in [5, 5.41) is 11.6. The van der Waals surface area contributed by atoms with Crippen LogP contribution in [0.25, 0.3) is 0 Å². The third kappa shape index (κ3) is 2.53. The molecule has 5 nitrogen and oxygen atoms in total. The molecule has 1 aliphatic carbocycles. The average Bonchev–Trinajstić information content (AvgIpc) is 2.88. The van der Waals surface area contributed by atoms with Gasteiger partial charge in [-0.15, -0.1) is 11.3 Å². The molecule has 0 spiro atoms. The van der Waals surface area contributed by atoms with Gasteiger partial charge in [-0.1, -0.05) is 12.7 Å². The van der Waals surface area contributed by atoms with E-state index in [2.05, 4.69) is 11.9 Å². The van der Waals surface area contributed by atoms with Gasteiger partial charge in [0.15, 0.2) is 0 Å². The maximum absolute atomic E-state index is 11.4. The minimum atomic E-state index is -0.928. The molecule has 18 heavy (non-hydrogen) atoms. The summed E-state index contributed by atoms with van der Waals surface area (Å²) >= 11 is 1.27. The number of amides is 1. The first-order chi connectivity index (χ1) is 8.61. The van der Waals surface area contributed by atoms with Crippen LogP contribution >= 0.6 is 11.3 Å². The van der Waals surface area contributed by atoms with Crippen LogP contribution in [-0.4, -0.2) is 23.8 Å². The molecule has 2 rings (SSSR count). The highest BCUT2D eigenvalue weighted by atomic mass is 32.1. The fourth-order valence-corrected chi connectivity index (χ4v) is 3.02. The highest BCUT2D eigenvalue weighted by molar-refractivity contribution is 7.14. The first-order valence-corrected chi connectivity index (χ1v) is 6.33. The second-order valence-corrected chi connectivity index (χ2v) is 5.05. The predicted molar refractivity (Wildman–Crippen MR) is 67.0 cm³/mol. The lowest BCUT2D eigenvalue weighted by Crippen LogP contribution is -2.27. The van der Waals surface area contributed by atoms with Crippen LogP contribution in [0, 0.1) is 0 Å². The molecule has 0 aliphatic heterocycles. The van der Waals surface area contributed by atoms with Crippen molar-refractivity contribution in [2.45, 2.75) is 18.9 Å². The van der Waals surface area contributed by atoms with Gasteiger partial charge in [0.1, 0.15) is 11.5 Å². The van der Waals surface area contributed by atoms with Crippen LogP contribution in [0.4, 0.5) is 4.79 Å². The zero-order valence-corrected chi connectivity index (χ0v) is 10.5. The molecule has 1 atom stereocenters. The number of nitrogens with one attached hydrogen (secondary N) is 1. The van der Waals surface area contributed by atoms with Crippen molar-refractivity contribution < 1.29 is 19.4 Å². The van der Waals surface area contributed by atoms with Crippen molar-refractivity contribution in [2.75, 3.05) is 6.61 Å². The first-order valence-electron chi connectivity index (χ1n) is 5.52. The lowest BCUT2D eigenvalue weighted by atomic mass is 10.1. The van der Waals surface area contributed by atoms with Crippen molar-refractivity contribution in [3.63, 3.8) is 0 Å². The summed E-state index contributed by atoms with van der Waals surface area (Å²) in [6.07, 6.45) is 2.56. The Balaban J connectivity index is 2.04. The van der Waals surface area contributed by atoms with Crippen LogP contribution in [0.15, 0.2) is 18.7 Å². The molecule has 96 valence electrons. The third-order valence-corrected chi connectivity index (χ3v) is 3.91. The lowest BCUT2D eigenvalue weighted by Gasteiger charge is -2.12. The van der Waals surface area contributed by atoms with Crippen LogP contribution in [0.1, 0.15) is 32.6 Å². The number of alkyl carbamates (subject to hydrolysis) is 1. The Morgan fingerprint density at radius 1 is 1.67 bits per heavy atom. The van der Waals surface area contributed by atoms with Crippen LogP contribution in [-0.2, 0) is 11.2 Å². The maximum Gasteiger partial charge on any atom is 0.407 e. The summed E-state index contributed by atoms with van der Waals surface area (Å²) < 4.78 is 4.84. The number of aryl methyl sites for hydroxylation is 1. The van der Waals surface area contributed by atoms with Gasteiger partial charge in [-0.2, -0.15) is 0 Å². The molecule has 2 N–H and O–H groups in total. The average molecular weight is 267 g/mol. The van der Waals surface area contributed by atoms with E-state index < -0.39 is 12.1 Å². The Hall–Kier alpha value is -1.82. The summed E-state index contributed by atoms with van der Waals surface area (Å²) in [5.74, 6) is -0.928. The van der Waals surface area contributed by atoms with Gasteiger partial charge in [0.2, 0.25) is 0 Å². The lowest BCUT2D eigenvalue weighted by molar-refractivity contribution is 0.0702. The summed E-state index contributed by atoms with van der Waals surface area (Å²) in [4.78, 5) is 23.6. The summed E-state index contributed by atoms with van der Waals surface area (Å²) in [6, 6.07) is 1.48. The van der Waals surface area contributed by atoms with E-state index in [1.807, 2.05) is 0 Å². The number of ether oxygens (including phenoxy) is 1. The highest BCUT2D eigenvalue weighted by Crippen LogP contribution is 2.37. The number of carboxylic acids is 1. The van der Waals surface area contributed by atoms with Crippen molar-refractivity contribution >= 4 is 23.4 Å². The fourth-order valence-electron chi connectivity index (χ4n) is 1.94.